The third kappa shape index (κ3) is 7.05. The number of nitrogens with one attached hydrogen (secondary N) is 1. The number of esters is 1. The van der Waals surface area contributed by atoms with Gasteiger partial charge in [-0.15, -0.1) is 13.2 Å². The first kappa shape index (κ1) is 36.7. The number of benzene rings is 3. The maximum Gasteiger partial charge on any atom is 0.313 e. The minimum Gasteiger partial charge on any atom is -0.455 e. The van der Waals surface area contributed by atoms with Crippen LogP contribution in [-0.2, 0) is 35.2 Å². The monoisotopic (exact) mass is 705 g/mol. The number of nitrogens with zero attached hydrogens (tertiary/aromatic N) is 2. The molecule has 0 aromatic heterocycles. The van der Waals surface area contributed by atoms with Gasteiger partial charge in [0, 0.05) is 19.5 Å². The molecular weight excluding hydrogens is 658 g/mol. The van der Waals surface area contributed by atoms with Crippen LogP contribution < -0.4 is 5.32 Å². The lowest BCUT2D eigenvalue weighted by molar-refractivity contribution is -0.162. The van der Waals surface area contributed by atoms with Crippen molar-refractivity contribution < 1.29 is 33.8 Å². The summed E-state index contributed by atoms with van der Waals surface area (Å²) < 4.78 is 13.0. The van der Waals surface area contributed by atoms with Gasteiger partial charge < -0.3 is 29.7 Å². The van der Waals surface area contributed by atoms with Gasteiger partial charge in [-0.1, -0.05) is 103 Å². The van der Waals surface area contributed by atoms with Gasteiger partial charge >= 0.3 is 5.97 Å². The molecule has 3 fully saturated rings. The van der Waals surface area contributed by atoms with Crippen molar-refractivity contribution in [1.29, 1.82) is 0 Å². The number of allylic oxidation sites excluding steroid dienone is 1. The van der Waals surface area contributed by atoms with Crippen LogP contribution in [-0.4, -0.2) is 75.5 Å². The van der Waals surface area contributed by atoms with E-state index in [-0.39, 0.29) is 31.3 Å². The topological polar surface area (TPSA) is 125 Å². The molecule has 3 aromatic rings. The smallest absolute Gasteiger partial charge is 0.313 e. The average Bonchev–Trinajstić information content (AvgIpc) is 3.81. The molecule has 52 heavy (non-hydrogen) atoms. The molecule has 0 saturated carbocycles. The normalized spacial score (nSPS) is 24.7. The van der Waals surface area contributed by atoms with Crippen LogP contribution >= 0.6 is 0 Å². The zero-order valence-electron chi connectivity index (χ0n) is 29.5. The van der Waals surface area contributed by atoms with Gasteiger partial charge in [0.2, 0.25) is 17.7 Å². The predicted molar refractivity (Wildman–Crippen MR) is 195 cm³/mol. The molecule has 10 heteroatoms. The standard InChI is InChI=1S/C42H47N3O7/c1-4-6-22-34(47)43-28(3)37(31-20-14-9-15-21-31)51-41(50)35-33-23-24-42(52-33)36(35)39(48)45(32(27-46)30-18-12-8-13-19-30)38(42)40(49)44(25-5-2)26-29-16-10-7-11-17-29/h4-5,7-21,28,32-33,35-38,46H,1-2,6,22-27H2,3H3,(H,43,47)/t28-,32-,33+,35-,36-,37-,38+,42-/m1/s1. The first-order chi connectivity index (χ1) is 25.2. The highest BCUT2D eigenvalue weighted by Crippen LogP contribution is 2.60. The fraction of sp³-hybridized carbons (Fsp3) is 0.381. The number of carbonyl (C=O) groups excluding carboxylic acids is 4. The van der Waals surface area contributed by atoms with Gasteiger partial charge in [0.05, 0.1) is 36.6 Å². The average molecular weight is 706 g/mol. The number of hydrogen-bond acceptors (Lipinski definition) is 7. The van der Waals surface area contributed by atoms with Crippen LogP contribution in [0.5, 0.6) is 0 Å². The Balaban J connectivity index is 1.37. The van der Waals surface area contributed by atoms with Crippen LogP contribution in [0.25, 0.3) is 0 Å². The summed E-state index contributed by atoms with van der Waals surface area (Å²) in [5.41, 5.74) is 0.918. The summed E-state index contributed by atoms with van der Waals surface area (Å²) in [5, 5.41) is 13.8. The quantitative estimate of drug-likeness (QED) is 0.158. The summed E-state index contributed by atoms with van der Waals surface area (Å²) in [4.78, 5) is 60.2. The lowest BCUT2D eigenvalue weighted by Gasteiger charge is -2.39. The number of rotatable bonds is 16. The van der Waals surface area contributed by atoms with Crippen molar-refractivity contribution in [3.63, 3.8) is 0 Å². The van der Waals surface area contributed by atoms with Crippen molar-refractivity contribution in [3.8, 4) is 0 Å². The Morgan fingerprint density at radius 1 is 1.00 bits per heavy atom. The molecule has 272 valence electrons. The van der Waals surface area contributed by atoms with E-state index in [0.717, 1.165) is 5.56 Å². The molecule has 6 rings (SSSR count). The Hall–Kier alpha value is -5.06. The predicted octanol–water partition coefficient (Wildman–Crippen LogP) is 5.06. The molecule has 8 atom stereocenters. The zero-order chi connectivity index (χ0) is 36.8. The van der Waals surface area contributed by atoms with Crippen molar-refractivity contribution in [2.24, 2.45) is 11.8 Å². The van der Waals surface area contributed by atoms with Crippen molar-refractivity contribution in [2.45, 2.75) is 75.1 Å². The minimum atomic E-state index is -1.33. The van der Waals surface area contributed by atoms with Crippen molar-refractivity contribution in [3.05, 3.63) is 133 Å². The highest BCUT2D eigenvalue weighted by Gasteiger charge is 2.76. The number of aliphatic hydroxyl groups excluding tert-OH is 1. The van der Waals surface area contributed by atoms with Crippen LogP contribution in [0.1, 0.15) is 61.4 Å². The molecular formula is C42H47N3O7. The van der Waals surface area contributed by atoms with E-state index in [4.69, 9.17) is 9.47 Å². The number of hydrogen-bond donors (Lipinski definition) is 2. The Morgan fingerprint density at radius 3 is 2.25 bits per heavy atom. The number of fused-ring (bicyclic) bond motifs is 1. The molecule has 3 amide bonds. The molecule has 3 aromatic carbocycles. The Morgan fingerprint density at radius 2 is 1.63 bits per heavy atom. The lowest BCUT2D eigenvalue weighted by atomic mass is 9.70. The van der Waals surface area contributed by atoms with E-state index in [9.17, 15) is 24.3 Å². The summed E-state index contributed by atoms with van der Waals surface area (Å²) in [5.74, 6) is -3.65. The number of likely N-dealkylation sites (tertiary alicyclic amines) is 1. The summed E-state index contributed by atoms with van der Waals surface area (Å²) >= 11 is 0. The van der Waals surface area contributed by atoms with Crippen LogP contribution in [0, 0.1) is 11.8 Å². The lowest BCUT2D eigenvalue weighted by Crippen LogP contribution is -2.57. The fourth-order valence-corrected chi connectivity index (χ4v) is 8.31. The Bertz CT molecular complexity index is 1750. The number of aliphatic hydroxyl groups is 1. The summed E-state index contributed by atoms with van der Waals surface area (Å²) in [6, 6.07) is 25.2. The van der Waals surface area contributed by atoms with Gasteiger partial charge in [-0.05, 0) is 42.9 Å². The van der Waals surface area contributed by atoms with E-state index in [1.54, 1.807) is 24.0 Å². The van der Waals surface area contributed by atoms with Crippen molar-refractivity contribution in [2.75, 3.05) is 13.2 Å². The van der Waals surface area contributed by atoms with E-state index in [0.29, 0.717) is 30.4 Å². The molecule has 3 aliphatic rings. The first-order valence-corrected chi connectivity index (χ1v) is 18.0. The largest absolute Gasteiger partial charge is 0.455 e. The molecule has 0 radical (unpaired) electrons. The van der Waals surface area contributed by atoms with E-state index >= 15 is 0 Å². The molecule has 10 nitrogen and oxygen atoms in total. The third-order valence-corrected chi connectivity index (χ3v) is 10.6. The first-order valence-electron chi connectivity index (χ1n) is 18.0. The van der Waals surface area contributed by atoms with Crippen molar-refractivity contribution in [1.82, 2.24) is 15.1 Å². The van der Waals surface area contributed by atoms with E-state index in [1.807, 2.05) is 91.0 Å². The number of ether oxygens (including phenoxy) is 2. The summed E-state index contributed by atoms with van der Waals surface area (Å²) in [7, 11) is 0. The summed E-state index contributed by atoms with van der Waals surface area (Å²) in [6.45, 7) is 9.40. The molecule has 0 aliphatic carbocycles. The van der Waals surface area contributed by atoms with E-state index in [2.05, 4.69) is 18.5 Å². The van der Waals surface area contributed by atoms with Crippen molar-refractivity contribution >= 4 is 23.7 Å². The second-order valence-corrected chi connectivity index (χ2v) is 13.9. The van der Waals surface area contributed by atoms with Gasteiger partial charge in [0.1, 0.15) is 17.7 Å². The Kier molecular flexibility index (Phi) is 11.4. The van der Waals surface area contributed by atoms with Crippen LogP contribution in [0.15, 0.2) is 116 Å². The fourth-order valence-electron chi connectivity index (χ4n) is 8.31. The second kappa shape index (κ2) is 16.1. The number of amides is 3. The van der Waals surface area contributed by atoms with Crippen LogP contribution in [0.4, 0.5) is 0 Å². The van der Waals surface area contributed by atoms with Gasteiger partial charge in [-0.25, -0.2) is 0 Å². The van der Waals surface area contributed by atoms with Gasteiger partial charge in [-0.2, -0.15) is 0 Å². The third-order valence-electron chi connectivity index (χ3n) is 10.6. The maximum atomic E-state index is 14.9. The van der Waals surface area contributed by atoms with Gasteiger partial charge in [0.15, 0.2) is 0 Å². The highest BCUT2D eigenvalue weighted by atomic mass is 16.6. The van der Waals surface area contributed by atoms with E-state index in [1.165, 1.54) is 4.90 Å². The second-order valence-electron chi connectivity index (χ2n) is 13.9. The SMILES string of the molecule is C=CCCC(=O)N[C@H](C)[C@@H](OC(=O)[C@@H]1[C@@H]2CC[C@]3(O2)[C@H](C(=O)N(CC=C)Cc2ccccc2)N([C@H](CO)c2ccccc2)C(=O)[C@@H]13)c1ccccc1. The Labute approximate surface area is 305 Å². The van der Waals surface area contributed by atoms with Crippen LogP contribution in [0.3, 0.4) is 0 Å². The summed E-state index contributed by atoms with van der Waals surface area (Å²) in [6.07, 6.45) is 3.37. The molecule has 3 heterocycles. The van der Waals surface area contributed by atoms with E-state index < -0.39 is 66.3 Å². The molecule has 3 saturated heterocycles. The molecule has 0 unspecified atom stereocenters. The molecule has 1 spiro atoms. The van der Waals surface area contributed by atoms with Gasteiger partial charge in [0.25, 0.3) is 0 Å². The van der Waals surface area contributed by atoms with Crippen LogP contribution in [0.2, 0.25) is 0 Å². The minimum absolute atomic E-state index is 0.204. The zero-order valence-corrected chi connectivity index (χ0v) is 29.5. The molecule has 2 bridgehead atoms. The number of carbonyl (C=O) groups is 4. The molecule has 3 aliphatic heterocycles. The van der Waals surface area contributed by atoms with Gasteiger partial charge in [-0.3, -0.25) is 19.2 Å². The molecule has 2 N–H and O–H groups in total. The highest BCUT2D eigenvalue weighted by molar-refractivity contribution is 5.98. The maximum absolute atomic E-state index is 14.9.